The molecule has 1 aliphatic heterocycles. The SMILES string of the molecule is CCCCCCC/C=C/CCCCCCCN1C(=O)C=CC1=O. The van der Waals surface area contributed by atoms with Crippen LogP contribution in [0.4, 0.5) is 0 Å². The van der Waals surface area contributed by atoms with Gasteiger partial charge in [0.1, 0.15) is 0 Å². The van der Waals surface area contributed by atoms with E-state index in [1.165, 1.54) is 81.3 Å². The predicted molar refractivity (Wildman–Crippen MR) is 96.1 cm³/mol. The van der Waals surface area contributed by atoms with Crippen LogP contribution in [0.1, 0.15) is 84.0 Å². The Morgan fingerprint density at radius 1 is 0.739 bits per heavy atom. The minimum atomic E-state index is -0.158. The Hall–Kier alpha value is -1.38. The zero-order chi connectivity index (χ0) is 16.8. The van der Waals surface area contributed by atoms with E-state index in [0.717, 1.165) is 12.8 Å². The van der Waals surface area contributed by atoms with Crippen LogP contribution in [0.15, 0.2) is 24.3 Å². The van der Waals surface area contributed by atoms with Gasteiger partial charge in [-0.15, -0.1) is 0 Å². The highest BCUT2D eigenvalue weighted by Crippen LogP contribution is 2.10. The highest BCUT2D eigenvalue weighted by Gasteiger charge is 2.21. The molecule has 0 N–H and O–H groups in total. The van der Waals surface area contributed by atoms with E-state index in [1.54, 1.807) is 0 Å². The average Bonchev–Trinajstić information content (AvgIpc) is 2.86. The Morgan fingerprint density at radius 2 is 1.22 bits per heavy atom. The molecule has 0 spiro atoms. The van der Waals surface area contributed by atoms with Crippen LogP contribution in [0.3, 0.4) is 0 Å². The number of unbranched alkanes of at least 4 members (excludes halogenated alkanes) is 10. The summed E-state index contributed by atoms with van der Waals surface area (Å²) in [6.45, 7) is 2.82. The number of amides is 2. The minimum absolute atomic E-state index is 0.158. The van der Waals surface area contributed by atoms with Crippen molar-refractivity contribution in [2.75, 3.05) is 6.54 Å². The maximum Gasteiger partial charge on any atom is 0.253 e. The van der Waals surface area contributed by atoms with Crippen LogP contribution in [-0.2, 0) is 9.59 Å². The van der Waals surface area contributed by atoms with Crippen molar-refractivity contribution in [1.82, 2.24) is 4.90 Å². The number of carbonyl (C=O) groups is 2. The summed E-state index contributed by atoms with van der Waals surface area (Å²) in [5.41, 5.74) is 0. The first-order chi connectivity index (χ1) is 11.3. The van der Waals surface area contributed by atoms with E-state index in [0.29, 0.717) is 6.54 Å². The van der Waals surface area contributed by atoms with Gasteiger partial charge >= 0.3 is 0 Å². The third kappa shape index (κ3) is 9.37. The number of rotatable bonds is 14. The van der Waals surface area contributed by atoms with Crippen LogP contribution in [-0.4, -0.2) is 23.3 Å². The zero-order valence-electron chi connectivity index (χ0n) is 14.8. The molecule has 0 aliphatic carbocycles. The molecule has 1 rings (SSSR count). The Kier molecular flexibility index (Phi) is 11.2. The van der Waals surface area contributed by atoms with Crippen LogP contribution < -0.4 is 0 Å². The number of carbonyl (C=O) groups excluding carboxylic acids is 2. The fourth-order valence-corrected chi connectivity index (χ4v) is 2.82. The third-order valence-electron chi connectivity index (χ3n) is 4.29. The van der Waals surface area contributed by atoms with Gasteiger partial charge in [-0.3, -0.25) is 14.5 Å². The van der Waals surface area contributed by atoms with Crippen LogP contribution in [0.2, 0.25) is 0 Å². The maximum atomic E-state index is 11.4. The molecule has 0 atom stereocenters. The molecule has 0 fully saturated rings. The summed E-state index contributed by atoms with van der Waals surface area (Å²) in [5, 5.41) is 0. The second-order valence-corrected chi connectivity index (χ2v) is 6.39. The summed E-state index contributed by atoms with van der Waals surface area (Å²) in [5.74, 6) is -0.315. The first-order valence-corrected chi connectivity index (χ1v) is 9.44. The summed E-state index contributed by atoms with van der Waals surface area (Å²) in [4.78, 5) is 24.1. The lowest BCUT2D eigenvalue weighted by atomic mass is 10.1. The summed E-state index contributed by atoms with van der Waals surface area (Å²) < 4.78 is 0. The molecule has 0 aromatic carbocycles. The molecular formula is C20H33NO2. The van der Waals surface area contributed by atoms with E-state index in [4.69, 9.17) is 0 Å². The molecule has 3 heteroatoms. The lowest BCUT2D eigenvalue weighted by molar-refractivity contribution is -0.136. The number of hydrogen-bond donors (Lipinski definition) is 0. The molecule has 2 amide bonds. The van der Waals surface area contributed by atoms with Crippen LogP contribution in [0.5, 0.6) is 0 Å². The molecule has 0 saturated carbocycles. The fraction of sp³-hybridized carbons (Fsp3) is 0.700. The second kappa shape index (κ2) is 13.1. The van der Waals surface area contributed by atoms with Crippen molar-refractivity contribution in [2.24, 2.45) is 0 Å². The van der Waals surface area contributed by atoms with Gasteiger partial charge in [-0.1, -0.05) is 64.0 Å². The third-order valence-corrected chi connectivity index (χ3v) is 4.29. The van der Waals surface area contributed by atoms with E-state index >= 15 is 0 Å². The zero-order valence-corrected chi connectivity index (χ0v) is 14.8. The first-order valence-electron chi connectivity index (χ1n) is 9.44. The van der Waals surface area contributed by atoms with Gasteiger partial charge in [0.15, 0.2) is 0 Å². The molecule has 3 nitrogen and oxygen atoms in total. The Labute approximate surface area is 141 Å². The van der Waals surface area contributed by atoms with Crippen molar-refractivity contribution in [3.63, 3.8) is 0 Å². The smallest absolute Gasteiger partial charge is 0.253 e. The Morgan fingerprint density at radius 3 is 1.78 bits per heavy atom. The first kappa shape index (κ1) is 19.7. The van der Waals surface area contributed by atoms with Crippen LogP contribution in [0, 0.1) is 0 Å². The maximum absolute atomic E-state index is 11.4. The fourth-order valence-electron chi connectivity index (χ4n) is 2.82. The number of hydrogen-bond acceptors (Lipinski definition) is 2. The summed E-state index contributed by atoms with van der Waals surface area (Å²) >= 11 is 0. The van der Waals surface area contributed by atoms with E-state index in [9.17, 15) is 9.59 Å². The van der Waals surface area contributed by atoms with Crippen molar-refractivity contribution in [2.45, 2.75) is 84.0 Å². The van der Waals surface area contributed by atoms with Crippen molar-refractivity contribution >= 4 is 11.8 Å². The molecule has 0 saturated heterocycles. The molecule has 0 unspecified atom stereocenters. The molecule has 0 radical (unpaired) electrons. The molecule has 130 valence electrons. The predicted octanol–water partition coefficient (Wildman–Crippen LogP) is 5.17. The lowest BCUT2D eigenvalue weighted by Gasteiger charge is -2.12. The van der Waals surface area contributed by atoms with Gasteiger partial charge < -0.3 is 0 Å². The Balaban J connectivity index is 1.83. The topological polar surface area (TPSA) is 37.4 Å². The summed E-state index contributed by atoms with van der Waals surface area (Å²) in [7, 11) is 0. The minimum Gasteiger partial charge on any atom is -0.275 e. The van der Waals surface area contributed by atoms with Crippen molar-refractivity contribution in [3.05, 3.63) is 24.3 Å². The highest BCUT2D eigenvalue weighted by atomic mass is 16.2. The largest absolute Gasteiger partial charge is 0.275 e. The number of nitrogens with zero attached hydrogens (tertiary/aromatic N) is 1. The van der Waals surface area contributed by atoms with Gasteiger partial charge in [0, 0.05) is 18.7 Å². The van der Waals surface area contributed by atoms with Crippen molar-refractivity contribution in [1.29, 1.82) is 0 Å². The van der Waals surface area contributed by atoms with Gasteiger partial charge in [0.25, 0.3) is 11.8 Å². The van der Waals surface area contributed by atoms with Gasteiger partial charge in [0.05, 0.1) is 0 Å². The van der Waals surface area contributed by atoms with Gasteiger partial charge in [-0.25, -0.2) is 0 Å². The average molecular weight is 319 g/mol. The van der Waals surface area contributed by atoms with Gasteiger partial charge in [0.2, 0.25) is 0 Å². The van der Waals surface area contributed by atoms with E-state index < -0.39 is 0 Å². The van der Waals surface area contributed by atoms with Crippen molar-refractivity contribution in [3.8, 4) is 0 Å². The molecule has 0 aromatic rings. The van der Waals surface area contributed by atoms with E-state index in [1.807, 2.05) is 0 Å². The quantitative estimate of drug-likeness (QED) is 0.252. The van der Waals surface area contributed by atoms with Gasteiger partial charge in [-0.2, -0.15) is 0 Å². The molecule has 1 aliphatic rings. The molecule has 23 heavy (non-hydrogen) atoms. The highest BCUT2D eigenvalue weighted by molar-refractivity contribution is 6.12. The Bertz CT molecular complexity index is 380. The molecule has 0 aromatic heterocycles. The number of allylic oxidation sites excluding steroid dienone is 2. The van der Waals surface area contributed by atoms with Crippen LogP contribution in [0.25, 0.3) is 0 Å². The molecule has 1 heterocycles. The van der Waals surface area contributed by atoms with Crippen LogP contribution >= 0.6 is 0 Å². The molecular weight excluding hydrogens is 286 g/mol. The lowest BCUT2D eigenvalue weighted by Crippen LogP contribution is -2.30. The standard InChI is InChI=1S/C20H33NO2/c1-2-3-4-5-6-7-8-9-10-11-12-13-14-15-18-21-19(22)16-17-20(21)23/h8-9,16-17H,2-7,10-15,18H2,1H3/b9-8+. The summed E-state index contributed by atoms with van der Waals surface area (Å²) in [6.07, 6.45) is 22.3. The number of imide groups is 1. The molecule has 0 bridgehead atoms. The van der Waals surface area contributed by atoms with Crippen molar-refractivity contribution < 1.29 is 9.59 Å². The second-order valence-electron chi connectivity index (χ2n) is 6.39. The normalized spacial score (nSPS) is 14.6. The monoisotopic (exact) mass is 319 g/mol. The van der Waals surface area contributed by atoms with E-state index in [2.05, 4.69) is 19.1 Å². The van der Waals surface area contributed by atoms with E-state index in [-0.39, 0.29) is 11.8 Å². The summed E-state index contributed by atoms with van der Waals surface area (Å²) in [6, 6.07) is 0. The van der Waals surface area contributed by atoms with Gasteiger partial charge in [-0.05, 0) is 32.1 Å².